The van der Waals surface area contributed by atoms with Crippen molar-refractivity contribution in [1.29, 1.82) is 0 Å². The van der Waals surface area contributed by atoms with Crippen LogP contribution in [0.2, 0.25) is 0 Å². The molecule has 0 saturated carbocycles. The lowest BCUT2D eigenvalue weighted by atomic mass is 10.0. The van der Waals surface area contributed by atoms with E-state index in [0.29, 0.717) is 11.3 Å². The number of carbonyl (C=O) groups is 2. The predicted molar refractivity (Wildman–Crippen MR) is 122 cm³/mol. The summed E-state index contributed by atoms with van der Waals surface area (Å²) in [4.78, 5) is 26.0. The molecule has 3 aromatic carbocycles. The van der Waals surface area contributed by atoms with Crippen molar-refractivity contribution in [3.63, 3.8) is 0 Å². The fourth-order valence-corrected chi connectivity index (χ4v) is 3.10. The number of rotatable bonds is 4. The number of amides is 2. The number of para-hydroxylation sites is 1. The topological polar surface area (TPSA) is 61.4 Å². The molecule has 3 aromatic rings. The number of thiocarbonyl (C=S) groups is 1. The monoisotopic (exact) mass is 403 g/mol. The van der Waals surface area contributed by atoms with Gasteiger partial charge in [0.25, 0.3) is 5.91 Å². The SMILES string of the molecule is CN(C)C(=O)c1ccccc1NC(=S)NC(=O)C=Cc1cccc2ccccc12. The molecule has 0 bridgehead atoms. The molecule has 146 valence electrons. The number of fused-ring (bicyclic) bond motifs is 1. The molecule has 0 aromatic heterocycles. The second-order valence-corrected chi connectivity index (χ2v) is 7.00. The summed E-state index contributed by atoms with van der Waals surface area (Å²) in [6.07, 6.45) is 3.19. The van der Waals surface area contributed by atoms with Gasteiger partial charge in [0.2, 0.25) is 5.91 Å². The van der Waals surface area contributed by atoms with Crippen LogP contribution >= 0.6 is 12.2 Å². The lowest BCUT2D eigenvalue weighted by Gasteiger charge is -2.15. The van der Waals surface area contributed by atoms with E-state index in [1.54, 1.807) is 44.4 Å². The van der Waals surface area contributed by atoms with E-state index >= 15 is 0 Å². The first kappa shape index (κ1) is 20.2. The molecule has 0 atom stereocenters. The molecule has 29 heavy (non-hydrogen) atoms. The molecule has 0 fully saturated rings. The predicted octanol–water partition coefficient (Wildman–Crippen LogP) is 4.07. The number of hydrogen-bond acceptors (Lipinski definition) is 3. The molecule has 0 radical (unpaired) electrons. The lowest BCUT2D eigenvalue weighted by molar-refractivity contribution is -0.115. The van der Waals surface area contributed by atoms with Gasteiger partial charge in [0.05, 0.1) is 11.3 Å². The van der Waals surface area contributed by atoms with Gasteiger partial charge in [-0.3, -0.25) is 14.9 Å². The van der Waals surface area contributed by atoms with Gasteiger partial charge >= 0.3 is 0 Å². The van der Waals surface area contributed by atoms with E-state index in [1.165, 1.54) is 11.0 Å². The van der Waals surface area contributed by atoms with Gasteiger partial charge < -0.3 is 10.2 Å². The minimum Gasteiger partial charge on any atom is -0.345 e. The molecule has 0 aliphatic carbocycles. The highest BCUT2D eigenvalue weighted by Gasteiger charge is 2.13. The van der Waals surface area contributed by atoms with E-state index in [-0.39, 0.29) is 16.9 Å². The highest BCUT2D eigenvalue weighted by atomic mass is 32.1. The molecule has 0 saturated heterocycles. The summed E-state index contributed by atoms with van der Waals surface area (Å²) in [6.45, 7) is 0. The van der Waals surface area contributed by atoms with Gasteiger partial charge in [0.15, 0.2) is 5.11 Å². The molecule has 2 N–H and O–H groups in total. The van der Waals surface area contributed by atoms with Crippen LogP contribution in [0.5, 0.6) is 0 Å². The second kappa shape index (κ2) is 9.12. The Kier molecular flexibility index (Phi) is 6.36. The van der Waals surface area contributed by atoms with Crippen molar-refractivity contribution in [2.45, 2.75) is 0 Å². The average Bonchev–Trinajstić information content (AvgIpc) is 2.72. The van der Waals surface area contributed by atoms with Gasteiger partial charge in [-0.05, 0) is 46.8 Å². The number of benzene rings is 3. The number of nitrogens with zero attached hydrogens (tertiary/aromatic N) is 1. The fourth-order valence-electron chi connectivity index (χ4n) is 2.89. The Hall–Kier alpha value is -3.51. The van der Waals surface area contributed by atoms with Crippen LogP contribution in [0, 0.1) is 0 Å². The maximum atomic E-state index is 12.3. The zero-order chi connectivity index (χ0) is 20.8. The summed E-state index contributed by atoms with van der Waals surface area (Å²) in [5.74, 6) is -0.509. The summed E-state index contributed by atoms with van der Waals surface area (Å²) in [6, 6.07) is 20.9. The molecule has 6 heteroatoms. The van der Waals surface area contributed by atoms with Gasteiger partial charge in [-0.2, -0.15) is 0 Å². The number of anilines is 1. The summed E-state index contributed by atoms with van der Waals surface area (Å²) < 4.78 is 0. The molecular formula is C23H21N3O2S. The Morgan fingerprint density at radius 2 is 1.62 bits per heavy atom. The van der Waals surface area contributed by atoms with Crippen molar-refractivity contribution in [2.24, 2.45) is 0 Å². The zero-order valence-electron chi connectivity index (χ0n) is 16.2. The van der Waals surface area contributed by atoms with Crippen molar-refractivity contribution < 1.29 is 9.59 Å². The van der Waals surface area contributed by atoms with Crippen LogP contribution in [0.1, 0.15) is 15.9 Å². The molecule has 0 spiro atoms. The molecule has 2 amide bonds. The first-order valence-electron chi connectivity index (χ1n) is 9.04. The maximum Gasteiger partial charge on any atom is 0.255 e. The van der Waals surface area contributed by atoms with Crippen molar-refractivity contribution in [3.8, 4) is 0 Å². The number of hydrogen-bond donors (Lipinski definition) is 2. The first-order valence-corrected chi connectivity index (χ1v) is 9.45. The minimum atomic E-state index is -0.355. The van der Waals surface area contributed by atoms with Crippen LogP contribution in [0.25, 0.3) is 16.8 Å². The Labute approximate surface area is 175 Å². The van der Waals surface area contributed by atoms with E-state index in [1.807, 2.05) is 42.5 Å². The largest absolute Gasteiger partial charge is 0.345 e. The highest BCUT2D eigenvalue weighted by Crippen LogP contribution is 2.19. The molecule has 5 nitrogen and oxygen atoms in total. The first-order chi connectivity index (χ1) is 14.0. The van der Waals surface area contributed by atoms with Gasteiger partial charge in [-0.25, -0.2) is 0 Å². The summed E-state index contributed by atoms with van der Waals surface area (Å²) in [5.41, 5.74) is 1.95. The normalized spacial score (nSPS) is 10.7. The van der Waals surface area contributed by atoms with Gasteiger partial charge in [0.1, 0.15) is 0 Å². The summed E-state index contributed by atoms with van der Waals surface area (Å²) in [7, 11) is 3.36. The highest BCUT2D eigenvalue weighted by molar-refractivity contribution is 7.80. The van der Waals surface area contributed by atoms with E-state index in [9.17, 15) is 9.59 Å². The van der Waals surface area contributed by atoms with Gasteiger partial charge in [-0.1, -0.05) is 54.6 Å². The third-order valence-electron chi connectivity index (χ3n) is 4.29. The summed E-state index contributed by atoms with van der Waals surface area (Å²) in [5, 5.41) is 7.83. The van der Waals surface area contributed by atoms with Crippen molar-refractivity contribution in [3.05, 3.63) is 83.9 Å². The van der Waals surface area contributed by atoms with Crippen LogP contribution in [-0.4, -0.2) is 35.9 Å². The van der Waals surface area contributed by atoms with E-state index in [0.717, 1.165) is 16.3 Å². The molecular weight excluding hydrogens is 382 g/mol. The molecule has 0 aliphatic heterocycles. The third-order valence-corrected chi connectivity index (χ3v) is 4.49. The smallest absolute Gasteiger partial charge is 0.255 e. The van der Waals surface area contributed by atoms with Crippen LogP contribution in [0.3, 0.4) is 0 Å². The zero-order valence-corrected chi connectivity index (χ0v) is 17.0. The van der Waals surface area contributed by atoms with Gasteiger partial charge in [-0.15, -0.1) is 0 Å². The Balaban J connectivity index is 1.68. The molecule has 0 unspecified atom stereocenters. The molecule has 3 rings (SSSR count). The fraction of sp³-hybridized carbons (Fsp3) is 0.0870. The Bertz CT molecular complexity index is 1100. The van der Waals surface area contributed by atoms with Crippen LogP contribution in [0.15, 0.2) is 72.8 Å². The van der Waals surface area contributed by atoms with Gasteiger partial charge in [0, 0.05) is 20.2 Å². The molecule has 0 aliphatic rings. The molecule has 0 heterocycles. The van der Waals surface area contributed by atoms with Crippen LogP contribution < -0.4 is 10.6 Å². The van der Waals surface area contributed by atoms with E-state index in [2.05, 4.69) is 10.6 Å². The van der Waals surface area contributed by atoms with Crippen LogP contribution in [0.4, 0.5) is 5.69 Å². The second-order valence-electron chi connectivity index (χ2n) is 6.59. The quantitative estimate of drug-likeness (QED) is 0.509. The minimum absolute atomic E-state index is 0.122. The third kappa shape index (κ3) is 5.06. The lowest BCUT2D eigenvalue weighted by Crippen LogP contribution is -2.33. The average molecular weight is 404 g/mol. The van der Waals surface area contributed by atoms with Crippen molar-refractivity contribution >= 4 is 51.7 Å². The van der Waals surface area contributed by atoms with E-state index in [4.69, 9.17) is 12.2 Å². The standard InChI is InChI=1S/C23H21N3O2S/c1-26(2)22(28)19-12-5-6-13-20(19)24-23(29)25-21(27)15-14-17-10-7-9-16-8-3-4-11-18(16)17/h3-15H,1-2H3,(H2,24,25,27,29). The van der Waals surface area contributed by atoms with E-state index < -0.39 is 0 Å². The van der Waals surface area contributed by atoms with Crippen LogP contribution in [-0.2, 0) is 4.79 Å². The number of carbonyl (C=O) groups excluding carboxylic acids is 2. The van der Waals surface area contributed by atoms with Crippen molar-refractivity contribution in [1.82, 2.24) is 10.2 Å². The summed E-state index contributed by atoms with van der Waals surface area (Å²) >= 11 is 5.23. The Morgan fingerprint density at radius 3 is 2.41 bits per heavy atom. The number of nitrogens with one attached hydrogen (secondary N) is 2. The van der Waals surface area contributed by atoms with Crippen molar-refractivity contribution in [2.75, 3.05) is 19.4 Å². The maximum absolute atomic E-state index is 12.3. The Morgan fingerprint density at radius 1 is 0.931 bits per heavy atom.